The van der Waals surface area contributed by atoms with Gasteiger partial charge in [0.15, 0.2) is 0 Å². The van der Waals surface area contributed by atoms with Gasteiger partial charge in [-0.1, -0.05) is 17.7 Å². The maximum atomic E-state index is 11.0. The summed E-state index contributed by atoms with van der Waals surface area (Å²) in [5.74, 6) is -0.944. The number of carbonyl (C=O) groups is 1. The fourth-order valence-electron chi connectivity index (χ4n) is 1.73. The minimum Gasteiger partial charge on any atom is -0.478 e. The maximum absolute atomic E-state index is 11.0. The molecule has 1 aromatic carbocycles. The number of carboxylic acid groups (broad SMARTS) is 1. The van der Waals surface area contributed by atoms with Gasteiger partial charge in [0.2, 0.25) is 0 Å². The van der Waals surface area contributed by atoms with Gasteiger partial charge in [0.05, 0.1) is 16.1 Å². The highest BCUT2D eigenvalue weighted by atomic mass is 35.5. The van der Waals surface area contributed by atoms with Crippen LogP contribution < -0.4 is 0 Å². The number of aromatic nitrogens is 1. The molecule has 0 radical (unpaired) electrons. The highest BCUT2D eigenvalue weighted by Gasteiger charge is 2.15. The summed E-state index contributed by atoms with van der Waals surface area (Å²) in [6.45, 7) is 2.69. The highest BCUT2D eigenvalue weighted by molar-refractivity contribution is 6.36. The van der Waals surface area contributed by atoms with Crippen molar-refractivity contribution in [1.29, 1.82) is 0 Å². The molecule has 0 saturated heterocycles. The molecule has 0 atom stereocenters. The van der Waals surface area contributed by atoms with E-state index in [1.54, 1.807) is 12.3 Å². The van der Waals surface area contributed by atoms with Crippen LogP contribution in [-0.2, 0) is 6.54 Å². The molecule has 0 spiro atoms. The number of halogens is 1. The molecule has 0 unspecified atom stereocenters. The third-order valence-corrected chi connectivity index (χ3v) is 2.74. The summed E-state index contributed by atoms with van der Waals surface area (Å²) in [6, 6.07) is 5.40. The fraction of sp³-hybridized carbons (Fsp3) is 0.182. The number of hydrogen-bond acceptors (Lipinski definition) is 1. The minimum absolute atomic E-state index is 0.262. The molecule has 3 nitrogen and oxygen atoms in total. The zero-order valence-electron chi connectivity index (χ0n) is 8.20. The van der Waals surface area contributed by atoms with Crippen molar-refractivity contribution < 1.29 is 9.90 Å². The van der Waals surface area contributed by atoms with Crippen LogP contribution in [0.2, 0.25) is 5.02 Å². The molecule has 0 amide bonds. The number of fused-ring (bicyclic) bond motifs is 1. The fourth-order valence-corrected chi connectivity index (χ4v) is 2.00. The Morgan fingerprint density at radius 3 is 2.87 bits per heavy atom. The first-order valence-corrected chi connectivity index (χ1v) is 5.03. The first-order chi connectivity index (χ1) is 7.15. The number of nitrogens with zero attached hydrogens (tertiary/aromatic N) is 1. The second-order valence-corrected chi connectivity index (χ2v) is 3.68. The Morgan fingerprint density at radius 1 is 1.53 bits per heavy atom. The lowest BCUT2D eigenvalue weighted by atomic mass is 10.2. The van der Waals surface area contributed by atoms with E-state index < -0.39 is 5.97 Å². The normalized spacial score (nSPS) is 10.8. The molecule has 78 valence electrons. The van der Waals surface area contributed by atoms with Crippen LogP contribution in [0, 0.1) is 0 Å². The molecule has 4 heteroatoms. The largest absolute Gasteiger partial charge is 0.478 e. The number of benzene rings is 1. The Labute approximate surface area is 91.9 Å². The molecule has 2 aromatic rings. The van der Waals surface area contributed by atoms with Crippen molar-refractivity contribution in [2.45, 2.75) is 13.5 Å². The molecular weight excluding hydrogens is 214 g/mol. The van der Waals surface area contributed by atoms with Crippen molar-refractivity contribution >= 4 is 28.5 Å². The van der Waals surface area contributed by atoms with E-state index in [9.17, 15) is 4.79 Å². The molecule has 0 aliphatic rings. The molecule has 0 bridgehead atoms. The molecule has 0 fully saturated rings. The lowest BCUT2D eigenvalue weighted by molar-refractivity contribution is 0.0699. The van der Waals surface area contributed by atoms with Gasteiger partial charge >= 0.3 is 5.97 Å². The summed E-state index contributed by atoms with van der Waals surface area (Å²) < 4.78 is 1.88. The number of aryl methyl sites for hydroxylation is 1. The monoisotopic (exact) mass is 223 g/mol. The van der Waals surface area contributed by atoms with E-state index in [0.717, 1.165) is 12.1 Å². The Bertz CT molecular complexity index is 531. The summed E-state index contributed by atoms with van der Waals surface area (Å²) in [5.41, 5.74) is 1.12. The summed E-state index contributed by atoms with van der Waals surface area (Å²) in [7, 11) is 0. The molecular formula is C11H10ClNO2. The summed E-state index contributed by atoms with van der Waals surface area (Å²) >= 11 is 6.00. The van der Waals surface area contributed by atoms with Crippen LogP contribution in [0.15, 0.2) is 24.4 Å². The average molecular weight is 224 g/mol. The van der Waals surface area contributed by atoms with Gasteiger partial charge < -0.3 is 9.67 Å². The topological polar surface area (TPSA) is 42.2 Å². The van der Waals surface area contributed by atoms with E-state index in [-0.39, 0.29) is 5.56 Å². The van der Waals surface area contributed by atoms with Gasteiger partial charge in [-0.2, -0.15) is 0 Å². The third kappa shape index (κ3) is 1.49. The zero-order chi connectivity index (χ0) is 11.0. The average Bonchev–Trinajstić information content (AvgIpc) is 2.58. The standard InChI is InChI=1S/C11H10ClNO2/c1-2-13-6-7(11(14)15)10-8(12)4-3-5-9(10)13/h3-6H,2H2,1H3,(H,14,15). The van der Waals surface area contributed by atoms with E-state index in [2.05, 4.69) is 0 Å². The van der Waals surface area contributed by atoms with Crippen LogP contribution in [0.1, 0.15) is 17.3 Å². The first kappa shape index (κ1) is 10.1. The van der Waals surface area contributed by atoms with Gasteiger partial charge in [0, 0.05) is 18.1 Å². The van der Waals surface area contributed by atoms with Gasteiger partial charge in [-0.05, 0) is 19.1 Å². The van der Waals surface area contributed by atoms with Crippen LogP contribution in [0.3, 0.4) is 0 Å². The van der Waals surface area contributed by atoms with E-state index in [1.165, 1.54) is 0 Å². The minimum atomic E-state index is -0.944. The third-order valence-electron chi connectivity index (χ3n) is 2.43. The van der Waals surface area contributed by atoms with E-state index >= 15 is 0 Å². The smallest absolute Gasteiger partial charge is 0.337 e. The number of aromatic carboxylic acids is 1. The molecule has 0 saturated carbocycles. The second-order valence-electron chi connectivity index (χ2n) is 3.27. The van der Waals surface area contributed by atoms with E-state index in [4.69, 9.17) is 16.7 Å². The second kappa shape index (κ2) is 3.59. The number of carboxylic acids is 1. The summed E-state index contributed by atoms with van der Waals surface area (Å²) in [6.07, 6.45) is 1.62. The molecule has 0 aliphatic carbocycles. The van der Waals surface area contributed by atoms with Crippen molar-refractivity contribution in [3.05, 3.63) is 35.0 Å². The number of hydrogen-bond donors (Lipinski definition) is 1. The van der Waals surface area contributed by atoms with Crippen molar-refractivity contribution in [1.82, 2.24) is 4.57 Å². The Morgan fingerprint density at radius 2 is 2.27 bits per heavy atom. The molecule has 1 heterocycles. The van der Waals surface area contributed by atoms with Crippen LogP contribution in [0.5, 0.6) is 0 Å². The maximum Gasteiger partial charge on any atom is 0.337 e. The van der Waals surface area contributed by atoms with Crippen molar-refractivity contribution in [3.8, 4) is 0 Å². The van der Waals surface area contributed by atoms with Crippen molar-refractivity contribution in [2.24, 2.45) is 0 Å². The summed E-state index contributed by atoms with van der Waals surface area (Å²) in [4.78, 5) is 11.0. The lowest BCUT2D eigenvalue weighted by Crippen LogP contribution is -1.94. The molecule has 0 aliphatic heterocycles. The predicted molar refractivity (Wildman–Crippen MR) is 59.6 cm³/mol. The zero-order valence-corrected chi connectivity index (χ0v) is 8.95. The van der Waals surface area contributed by atoms with Crippen molar-refractivity contribution in [2.75, 3.05) is 0 Å². The van der Waals surface area contributed by atoms with Crippen LogP contribution >= 0.6 is 11.6 Å². The van der Waals surface area contributed by atoms with E-state index in [0.29, 0.717) is 10.4 Å². The Hall–Kier alpha value is -1.48. The number of rotatable bonds is 2. The van der Waals surface area contributed by atoms with Gasteiger partial charge in [-0.25, -0.2) is 4.79 Å². The van der Waals surface area contributed by atoms with Crippen LogP contribution in [0.25, 0.3) is 10.9 Å². The lowest BCUT2D eigenvalue weighted by Gasteiger charge is -1.99. The molecule has 2 rings (SSSR count). The quantitative estimate of drug-likeness (QED) is 0.851. The van der Waals surface area contributed by atoms with Crippen molar-refractivity contribution in [3.63, 3.8) is 0 Å². The van der Waals surface area contributed by atoms with Gasteiger partial charge in [0.25, 0.3) is 0 Å². The molecule has 1 N–H and O–H groups in total. The van der Waals surface area contributed by atoms with Gasteiger partial charge in [-0.3, -0.25) is 0 Å². The van der Waals surface area contributed by atoms with Crippen LogP contribution in [-0.4, -0.2) is 15.6 Å². The van der Waals surface area contributed by atoms with Gasteiger partial charge in [-0.15, -0.1) is 0 Å². The van der Waals surface area contributed by atoms with E-state index in [1.807, 2.05) is 23.6 Å². The molecule has 1 aromatic heterocycles. The SMILES string of the molecule is CCn1cc(C(=O)O)c2c(Cl)cccc21. The molecule has 15 heavy (non-hydrogen) atoms. The Kier molecular flexibility index (Phi) is 2.40. The van der Waals surface area contributed by atoms with Crippen LogP contribution in [0.4, 0.5) is 0 Å². The van der Waals surface area contributed by atoms with Gasteiger partial charge in [0.1, 0.15) is 0 Å². The highest BCUT2D eigenvalue weighted by Crippen LogP contribution is 2.28. The predicted octanol–water partition coefficient (Wildman–Crippen LogP) is 3.01. The first-order valence-electron chi connectivity index (χ1n) is 4.65. The summed E-state index contributed by atoms with van der Waals surface area (Å²) in [5, 5.41) is 10.1. The Balaban J connectivity index is 2.88.